The maximum absolute atomic E-state index is 12.3. The van der Waals surface area contributed by atoms with Crippen LogP contribution in [0.3, 0.4) is 0 Å². The van der Waals surface area contributed by atoms with Crippen molar-refractivity contribution < 1.29 is 8.78 Å². The quantitative estimate of drug-likeness (QED) is 0.411. The third-order valence-electron chi connectivity index (χ3n) is 0.743. The first-order valence-electron chi connectivity index (χ1n) is 2.15. The van der Waals surface area contributed by atoms with Gasteiger partial charge >= 0.3 is 6.08 Å². The van der Waals surface area contributed by atoms with E-state index in [1.165, 1.54) is 0 Å². The second-order valence-electron chi connectivity index (χ2n) is 1.39. The van der Waals surface area contributed by atoms with Crippen molar-refractivity contribution in [2.45, 2.75) is 0 Å². The van der Waals surface area contributed by atoms with Crippen molar-refractivity contribution in [3.63, 3.8) is 0 Å². The van der Waals surface area contributed by atoms with Crippen molar-refractivity contribution in [2.24, 2.45) is 0 Å². The highest BCUT2D eigenvalue weighted by Crippen LogP contribution is 2.17. The first-order valence-corrected chi connectivity index (χ1v) is 3.61. The van der Waals surface area contributed by atoms with Crippen LogP contribution in [0, 0.1) is 15.7 Å². The van der Waals surface area contributed by atoms with Gasteiger partial charge in [-0.15, -0.1) is 0 Å². The molecular formula is C4ClF2IN2. The van der Waals surface area contributed by atoms with Gasteiger partial charge in [0.1, 0.15) is 8.72 Å². The summed E-state index contributed by atoms with van der Waals surface area (Å²) in [6.07, 6.45) is -1.11. The van der Waals surface area contributed by atoms with E-state index in [1.807, 2.05) is 0 Å². The summed E-state index contributed by atoms with van der Waals surface area (Å²) < 4.78 is 24.5. The monoisotopic (exact) mass is 276 g/mol. The number of hydrogen-bond acceptors (Lipinski definition) is 2. The minimum atomic E-state index is -1.11. The average molecular weight is 276 g/mol. The van der Waals surface area contributed by atoms with E-state index in [-0.39, 0.29) is 8.72 Å². The van der Waals surface area contributed by atoms with Crippen LogP contribution in [-0.2, 0) is 0 Å². The fourth-order valence-corrected chi connectivity index (χ4v) is 0.876. The van der Waals surface area contributed by atoms with Gasteiger partial charge in [0.15, 0.2) is 0 Å². The van der Waals surface area contributed by atoms with Crippen LogP contribution in [0.2, 0.25) is 5.02 Å². The van der Waals surface area contributed by atoms with E-state index in [2.05, 4.69) is 9.97 Å². The summed E-state index contributed by atoms with van der Waals surface area (Å²) >= 11 is 6.89. The molecule has 0 N–H and O–H groups in total. The van der Waals surface area contributed by atoms with Crippen molar-refractivity contribution in [3.05, 3.63) is 20.7 Å². The fraction of sp³-hybridized carbons (Fsp3) is 0. The lowest BCUT2D eigenvalue weighted by Gasteiger charge is -1.93. The Morgan fingerprint density at radius 1 is 1.30 bits per heavy atom. The number of aromatic nitrogens is 2. The SMILES string of the molecule is Fc1nc(F)c(Cl)c(I)n1. The molecule has 0 aliphatic carbocycles. The third-order valence-corrected chi connectivity index (χ3v) is 2.18. The summed E-state index contributed by atoms with van der Waals surface area (Å²) in [5, 5.41) is -0.248. The van der Waals surface area contributed by atoms with Gasteiger partial charge in [-0.3, -0.25) is 0 Å². The van der Waals surface area contributed by atoms with Gasteiger partial charge in [-0.25, -0.2) is 0 Å². The molecule has 0 spiro atoms. The Morgan fingerprint density at radius 3 is 2.40 bits per heavy atom. The molecule has 1 heterocycles. The van der Waals surface area contributed by atoms with Crippen molar-refractivity contribution in [1.29, 1.82) is 0 Å². The molecule has 10 heavy (non-hydrogen) atoms. The minimum Gasteiger partial charge on any atom is -0.194 e. The van der Waals surface area contributed by atoms with Gasteiger partial charge in [-0.2, -0.15) is 18.7 Å². The molecule has 0 saturated heterocycles. The Hall–Kier alpha value is -0.0400. The van der Waals surface area contributed by atoms with Crippen molar-refractivity contribution in [1.82, 2.24) is 9.97 Å². The van der Waals surface area contributed by atoms with E-state index < -0.39 is 12.0 Å². The van der Waals surface area contributed by atoms with E-state index in [4.69, 9.17) is 11.6 Å². The van der Waals surface area contributed by atoms with Crippen LogP contribution < -0.4 is 0 Å². The average Bonchev–Trinajstić information content (AvgIpc) is 1.82. The van der Waals surface area contributed by atoms with Crippen LogP contribution in [0.25, 0.3) is 0 Å². The molecule has 6 heteroatoms. The molecule has 0 saturated carbocycles. The third kappa shape index (κ3) is 1.51. The van der Waals surface area contributed by atoms with Gasteiger partial charge in [0.2, 0.25) is 5.95 Å². The molecule has 0 aliphatic rings. The zero-order valence-corrected chi connectivity index (χ0v) is 7.32. The van der Waals surface area contributed by atoms with Crippen LogP contribution >= 0.6 is 34.2 Å². The standard InChI is InChI=1S/C4ClF2IN2/c5-1-2(6)9-4(7)10-3(1)8. The molecule has 1 aromatic heterocycles. The van der Waals surface area contributed by atoms with E-state index in [1.54, 1.807) is 22.6 Å². The molecule has 0 fully saturated rings. The second kappa shape index (κ2) is 2.91. The number of halogens is 4. The van der Waals surface area contributed by atoms with Crippen LogP contribution in [0.4, 0.5) is 8.78 Å². The van der Waals surface area contributed by atoms with Gasteiger partial charge < -0.3 is 0 Å². The topological polar surface area (TPSA) is 25.8 Å². The molecule has 1 aromatic rings. The highest BCUT2D eigenvalue weighted by atomic mass is 127. The fourth-order valence-electron chi connectivity index (χ4n) is 0.370. The lowest BCUT2D eigenvalue weighted by Crippen LogP contribution is -1.96. The molecule has 0 aromatic carbocycles. The summed E-state index contributed by atoms with van der Waals surface area (Å²) in [7, 11) is 0. The Morgan fingerprint density at radius 2 is 1.90 bits per heavy atom. The first kappa shape index (κ1) is 8.06. The van der Waals surface area contributed by atoms with Crippen LogP contribution in [-0.4, -0.2) is 9.97 Å². The van der Waals surface area contributed by atoms with Gasteiger partial charge in [-0.1, -0.05) is 11.6 Å². The number of rotatable bonds is 0. The van der Waals surface area contributed by atoms with Crippen molar-refractivity contribution in [3.8, 4) is 0 Å². The summed E-state index contributed by atoms with van der Waals surface area (Å²) in [5.74, 6) is -1.03. The number of nitrogens with zero attached hydrogens (tertiary/aromatic N) is 2. The largest absolute Gasteiger partial charge is 0.312 e. The Bertz CT molecular complexity index is 244. The Balaban J connectivity index is 3.31. The molecule has 0 atom stereocenters. The van der Waals surface area contributed by atoms with Gasteiger partial charge in [0.05, 0.1) is 0 Å². The van der Waals surface area contributed by atoms with Crippen LogP contribution in [0.1, 0.15) is 0 Å². The summed E-state index contributed by atoms with van der Waals surface area (Å²) in [5.41, 5.74) is 0. The molecule has 0 amide bonds. The van der Waals surface area contributed by atoms with E-state index in [9.17, 15) is 8.78 Å². The van der Waals surface area contributed by atoms with Crippen LogP contribution in [0.5, 0.6) is 0 Å². The normalized spacial score (nSPS) is 10.0. The van der Waals surface area contributed by atoms with Gasteiger partial charge in [0, 0.05) is 0 Å². The van der Waals surface area contributed by atoms with Gasteiger partial charge in [-0.05, 0) is 22.6 Å². The minimum absolute atomic E-state index is 0.0734. The molecule has 54 valence electrons. The van der Waals surface area contributed by atoms with Crippen LogP contribution in [0.15, 0.2) is 0 Å². The first-order chi connectivity index (χ1) is 4.61. The predicted molar refractivity (Wildman–Crippen MR) is 39.7 cm³/mol. The Kier molecular flexibility index (Phi) is 2.35. The molecule has 0 aliphatic heterocycles. The maximum Gasteiger partial charge on any atom is 0.312 e. The summed E-state index contributed by atoms with van der Waals surface area (Å²) in [6, 6.07) is 0. The van der Waals surface area contributed by atoms with E-state index in [0.29, 0.717) is 0 Å². The van der Waals surface area contributed by atoms with Gasteiger partial charge in [0.25, 0.3) is 0 Å². The predicted octanol–water partition coefficient (Wildman–Crippen LogP) is 2.01. The lowest BCUT2D eigenvalue weighted by molar-refractivity contribution is 0.479. The zero-order chi connectivity index (χ0) is 7.72. The smallest absolute Gasteiger partial charge is 0.194 e. The van der Waals surface area contributed by atoms with E-state index >= 15 is 0 Å². The van der Waals surface area contributed by atoms with Crippen molar-refractivity contribution >= 4 is 34.2 Å². The molecule has 2 nitrogen and oxygen atoms in total. The molecule has 1 rings (SSSR count). The highest BCUT2D eigenvalue weighted by Gasteiger charge is 2.08. The molecular weight excluding hydrogens is 276 g/mol. The highest BCUT2D eigenvalue weighted by molar-refractivity contribution is 14.1. The zero-order valence-electron chi connectivity index (χ0n) is 4.41. The molecule has 0 bridgehead atoms. The molecule has 0 radical (unpaired) electrons. The van der Waals surface area contributed by atoms with E-state index in [0.717, 1.165) is 0 Å². The maximum atomic E-state index is 12.3. The van der Waals surface area contributed by atoms with Crippen molar-refractivity contribution in [2.75, 3.05) is 0 Å². The second-order valence-corrected chi connectivity index (χ2v) is 2.79. The lowest BCUT2D eigenvalue weighted by atomic mass is 10.6. The Labute approximate surface area is 73.8 Å². The summed E-state index contributed by atoms with van der Waals surface area (Å²) in [6.45, 7) is 0. The molecule has 0 unspecified atom stereocenters. The summed E-state index contributed by atoms with van der Waals surface area (Å²) in [4.78, 5) is 5.92. The number of hydrogen-bond donors (Lipinski definition) is 0.